The van der Waals surface area contributed by atoms with E-state index in [2.05, 4.69) is 10.2 Å². The van der Waals surface area contributed by atoms with E-state index in [9.17, 15) is 8.78 Å². The number of hydrogen-bond donors (Lipinski definition) is 1. The van der Waals surface area contributed by atoms with Crippen molar-refractivity contribution in [1.82, 2.24) is 14.8 Å². The second-order valence-electron chi connectivity index (χ2n) is 6.88. The summed E-state index contributed by atoms with van der Waals surface area (Å²) in [5.41, 5.74) is 6.61. The fraction of sp³-hybridized carbons (Fsp3) is 0.300. The van der Waals surface area contributed by atoms with Gasteiger partial charge in [-0.05, 0) is 69.7 Å². The van der Waals surface area contributed by atoms with Gasteiger partial charge in [-0.25, -0.2) is 8.78 Å². The second kappa shape index (κ2) is 6.98. The molecule has 0 atom stereocenters. The van der Waals surface area contributed by atoms with Gasteiger partial charge < -0.3 is 15.0 Å². The zero-order valence-electron chi connectivity index (χ0n) is 15.8. The van der Waals surface area contributed by atoms with Crippen LogP contribution in [0, 0.1) is 18.6 Å². The number of anilines is 1. The smallest absolute Gasteiger partial charge is 0.192 e. The van der Waals surface area contributed by atoms with Crippen LogP contribution in [0.2, 0.25) is 0 Å². The molecule has 5 nitrogen and oxygen atoms in total. The number of hydrogen-bond acceptors (Lipinski definition) is 4. The Morgan fingerprint density at radius 3 is 2.22 bits per heavy atom. The number of halogens is 2. The maximum absolute atomic E-state index is 14.2. The lowest BCUT2D eigenvalue weighted by molar-refractivity contribution is 0.0827. The fourth-order valence-electron chi connectivity index (χ4n) is 2.98. The average molecular weight is 372 g/mol. The maximum Gasteiger partial charge on any atom is 0.192 e. The van der Waals surface area contributed by atoms with E-state index in [1.807, 2.05) is 23.6 Å². The largest absolute Gasteiger partial charge is 0.474 e. The van der Waals surface area contributed by atoms with Crippen LogP contribution in [0.5, 0.6) is 5.75 Å². The molecule has 1 heterocycles. The zero-order valence-corrected chi connectivity index (χ0v) is 15.8. The quantitative estimate of drug-likeness (QED) is 0.672. The van der Waals surface area contributed by atoms with Crippen LogP contribution in [0.1, 0.15) is 32.2 Å². The highest BCUT2D eigenvalue weighted by Crippen LogP contribution is 2.33. The summed E-state index contributed by atoms with van der Waals surface area (Å²) in [6, 6.07) is 9.73. The maximum atomic E-state index is 14.2. The van der Waals surface area contributed by atoms with E-state index in [1.165, 1.54) is 12.1 Å². The third-order valence-electron chi connectivity index (χ3n) is 4.27. The Bertz CT molecular complexity index is 942. The van der Waals surface area contributed by atoms with Gasteiger partial charge in [-0.1, -0.05) is 0 Å². The third kappa shape index (κ3) is 3.63. The van der Waals surface area contributed by atoms with Gasteiger partial charge >= 0.3 is 0 Å². The molecule has 1 aromatic heterocycles. The molecular formula is C20H22F2N4O. The number of nitrogen functional groups attached to an aromatic ring is 1. The minimum atomic E-state index is -1.11. The lowest BCUT2D eigenvalue weighted by Crippen LogP contribution is -2.30. The molecular weight excluding hydrogens is 350 g/mol. The molecule has 3 rings (SSSR count). The van der Waals surface area contributed by atoms with E-state index >= 15 is 0 Å². The Labute approximate surface area is 156 Å². The first-order valence-electron chi connectivity index (χ1n) is 8.67. The number of aromatic nitrogens is 3. The van der Waals surface area contributed by atoms with E-state index < -0.39 is 23.0 Å². The zero-order chi connectivity index (χ0) is 19.8. The Balaban J connectivity index is 2.01. The second-order valence-corrected chi connectivity index (χ2v) is 6.88. The highest BCUT2D eigenvalue weighted by molar-refractivity contribution is 5.59. The van der Waals surface area contributed by atoms with Gasteiger partial charge in [0, 0.05) is 17.8 Å². The molecule has 0 aliphatic rings. The van der Waals surface area contributed by atoms with Crippen molar-refractivity contribution in [3.05, 3.63) is 59.4 Å². The Morgan fingerprint density at radius 2 is 1.67 bits per heavy atom. The van der Waals surface area contributed by atoms with Crippen molar-refractivity contribution in [3.63, 3.8) is 0 Å². The SMILES string of the molecule is CCn1c(-c2ccc(N)cc2)nnc1C(C)(C)Oc1c(F)cc(C)cc1F. The molecule has 2 N–H and O–H groups in total. The van der Waals surface area contributed by atoms with Crippen molar-refractivity contribution in [2.45, 2.75) is 39.8 Å². The summed E-state index contributed by atoms with van der Waals surface area (Å²) in [6.07, 6.45) is 0. The van der Waals surface area contributed by atoms with Crippen LogP contribution in [0.25, 0.3) is 11.4 Å². The molecule has 0 aliphatic heterocycles. The van der Waals surface area contributed by atoms with Gasteiger partial charge in [0.25, 0.3) is 0 Å². The van der Waals surface area contributed by atoms with Gasteiger partial charge in [0.2, 0.25) is 0 Å². The van der Waals surface area contributed by atoms with E-state index in [0.717, 1.165) is 5.56 Å². The molecule has 0 unspecified atom stereocenters. The topological polar surface area (TPSA) is 66.0 Å². The van der Waals surface area contributed by atoms with Gasteiger partial charge in [-0.3, -0.25) is 0 Å². The van der Waals surface area contributed by atoms with Crippen LogP contribution < -0.4 is 10.5 Å². The van der Waals surface area contributed by atoms with Gasteiger partial charge in [-0.2, -0.15) is 0 Å². The normalized spacial score (nSPS) is 11.6. The van der Waals surface area contributed by atoms with E-state index in [-0.39, 0.29) is 0 Å². The molecule has 7 heteroatoms. The molecule has 0 bridgehead atoms. The predicted molar refractivity (Wildman–Crippen MR) is 100 cm³/mol. The highest BCUT2D eigenvalue weighted by atomic mass is 19.1. The van der Waals surface area contributed by atoms with Crippen molar-refractivity contribution in [2.75, 3.05) is 5.73 Å². The molecule has 0 fully saturated rings. The number of benzene rings is 2. The average Bonchev–Trinajstić information content (AvgIpc) is 3.04. The number of aryl methyl sites for hydroxylation is 1. The standard InChI is InChI=1S/C20H22F2N4O/c1-5-26-18(13-6-8-14(23)9-7-13)24-25-19(26)20(3,4)27-17-15(21)10-12(2)11-16(17)22/h6-11H,5,23H2,1-4H3. The molecule has 27 heavy (non-hydrogen) atoms. The Kier molecular flexibility index (Phi) is 4.87. The first kappa shape index (κ1) is 18.8. The van der Waals surface area contributed by atoms with Crippen molar-refractivity contribution in [2.24, 2.45) is 0 Å². The minimum absolute atomic E-state index is 0.426. The van der Waals surface area contributed by atoms with Gasteiger partial charge in [0.1, 0.15) is 0 Å². The molecule has 0 spiro atoms. The molecule has 0 saturated heterocycles. The molecule has 2 aromatic carbocycles. The number of nitrogens with zero attached hydrogens (tertiary/aromatic N) is 3. The Hall–Kier alpha value is -2.96. The van der Waals surface area contributed by atoms with Crippen LogP contribution in [-0.4, -0.2) is 14.8 Å². The van der Waals surface area contributed by atoms with Gasteiger partial charge in [0.15, 0.2) is 34.6 Å². The van der Waals surface area contributed by atoms with Gasteiger partial charge in [0.05, 0.1) is 0 Å². The molecule has 0 amide bonds. The Morgan fingerprint density at radius 1 is 1.07 bits per heavy atom. The summed E-state index contributed by atoms with van der Waals surface area (Å²) < 4.78 is 36.0. The van der Waals surface area contributed by atoms with Crippen LogP contribution in [0.3, 0.4) is 0 Å². The predicted octanol–water partition coefficient (Wildman–Crippen LogP) is 4.45. The van der Waals surface area contributed by atoms with Crippen molar-refractivity contribution < 1.29 is 13.5 Å². The summed E-state index contributed by atoms with van der Waals surface area (Å²) >= 11 is 0. The fourth-order valence-corrected chi connectivity index (χ4v) is 2.98. The third-order valence-corrected chi connectivity index (χ3v) is 4.27. The summed E-state index contributed by atoms with van der Waals surface area (Å²) in [4.78, 5) is 0. The molecule has 142 valence electrons. The first-order chi connectivity index (χ1) is 12.7. The van der Waals surface area contributed by atoms with Crippen molar-refractivity contribution >= 4 is 5.69 Å². The van der Waals surface area contributed by atoms with E-state index in [1.54, 1.807) is 32.9 Å². The highest BCUT2D eigenvalue weighted by Gasteiger charge is 2.32. The molecule has 0 saturated carbocycles. The molecule has 0 aliphatic carbocycles. The van der Waals surface area contributed by atoms with Crippen LogP contribution >= 0.6 is 0 Å². The molecule has 0 radical (unpaired) electrons. The number of rotatable bonds is 5. The summed E-state index contributed by atoms with van der Waals surface area (Å²) in [5, 5.41) is 8.50. The molecule has 3 aromatic rings. The van der Waals surface area contributed by atoms with E-state index in [0.29, 0.717) is 29.4 Å². The minimum Gasteiger partial charge on any atom is -0.474 e. The number of nitrogens with two attached hydrogens (primary N) is 1. The first-order valence-corrected chi connectivity index (χ1v) is 8.67. The summed E-state index contributed by atoms with van der Waals surface area (Å²) in [6.45, 7) is 7.53. The van der Waals surface area contributed by atoms with Crippen molar-refractivity contribution in [1.29, 1.82) is 0 Å². The van der Waals surface area contributed by atoms with Crippen LogP contribution in [-0.2, 0) is 12.1 Å². The lowest BCUT2D eigenvalue weighted by Gasteiger charge is -2.26. The van der Waals surface area contributed by atoms with Crippen molar-refractivity contribution in [3.8, 4) is 17.1 Å². The van der Waals surface area contributed by atoms with E-state index in [4.69, 9.17) is 10.5 Å². The van der Waals surface area contributed by atoms with Gasteiger partial charge in [-0.15, -0.1) is 10.2 Å². The monoisotopic (exact) mass is 372 g/mol. The summed E-state index contributed by atoms with van der Waals surface area (Å²) in [7, 11) is 0. The summed E-state index contributed by atoms with van der Waals surface area (Å²) in [5.74, 6) is -0.820. The number of ether oxygens (including phenoxy) is 1. The van der Waals surface area contributed by atoms with Crippen LogP contribution in [0.15, 0.2) is 36.4 Å². The van der Waals surface area contributed by atoms with Crippen LogP contribution in [0.4, 0.5) is 14.5 Å². The lowest BCUT2D eigenvalue weighted by atomic mass is 10.1.